The third-order valence-electron chi connectivity index (χ3n) is 4.23. The molecule has 3 N–H and O–H groups in total. The minimum Gasteiger partial charge on any atom is -0.481 e. The summed E-state index contributed by atoms with van der Waals surface area (Å²) in [5.74, 6) is -2.63. The van der Waals surface area contributed by atoms with Gasteiger partial charge in [0, 0.05) is 6.54 Å². The largest absolute Gasteiger partial charge is 0.481 e. The number of carboxylic acid groups (broad SMARTS) is 1. The van der Waals surface area contributed by atoms with E-state index in [0.717, 1.165) is 12.8 Å². The zero-order valence-electron chi connectivity index (χ0n) is 11.2. The van der Waals surface area contributed by atoms with Gasteiger partial charge in [-0.2, -0.15) is 0 Å². The van der Waals surface area contributed by atoms with Crippen LogP contribution in [0.4, 0.5) is 0 Å². The number of hydrogen-bond donors (Lipinski definition) is 3. The fraction of sp³-hybridized carbons (Fsp3) is 0.769. The van der Waals surface area contributed by atoms with E-state index in [0.29, 0.717) is 13.0 Å². The first kappa shape index (κ1) is 13.8. The minimum absolute atomic E-state index is 0.170. The molecule has 0 radical (unpaired) electrons. The van der Waals surface area contributed by atoms with Gasteiger partial charge in [-0.1, -0.05) is 13.8 Å². The number of rotatable bonds is 3. The molecule has 3 unspecified atom stereocenters. The highest BCUT2D eigenvalue weighted by Crippen LogP contribution is 2.58. The van der Waals surface area contributed by atoms with E-state index < -0.39 is 29.3 Å². The number of amides is 2. The topological polar surface area (TPSA) is 95.5 Å². The van der Waals surface area contributed by atoms with Crippen molar-refractivity contribution in [1.82, 2.24) is 10.6 Å². The van der Waals surface area contributed by atoms with Crippen LogP contribution < -0.4 is 10.6 Å². The summed E-state index contributed by atoms with van der Waals surface area (Å²) in [6.07, 6.45) is 2.40. The van der Waals surface area contributed by atoms with Crippen LogP contribution in [0.1, 0.15) is 33.1 Å². The average molecular weight is 268 g/mol. The van der Waals surface area contributed by atoms with Gasteiger partial charge in [-0.05, 0) is 24.7 Å². The van der Waals surface area contributed by atoms with Gasteiger partial charge in [-0.15, -0.1) is 0 Å². The first-order valence-corrected chi connectivity index (χ1v) is 6.66. The predicted molar refractivity (Wildman–Crippen MR) is 67.2 cm³/mol. The molecule has 6 nitrogen and oxygen atoms in total. The molecule has 0 aromatic rings. The third kappa shape index (κ3) is 2.57. The highest BCUT2D eigenvalue weighted by molar-refractivity contribution is 5.94. The molecule has 2 aliphatic rings. The number of carbonyl (C=O) groups excluding carboxylic acids is 2. The van der Waals surface area contributed by atoms with Crippen molar-refractivity contribution in [3.63, 3.8) is 0 Å². The molecule has 1 aliphatic carbocycles. The summed E-state index contributed by atoms with van der Waals surface area (Å²) >= 11 is 0. The lowest BCUT2D eigenvalue weighted by molar-refractivity contribution is -0.140. The molecule has 1 saturated carbocycles. The number of carboxylic acids is 1. The first-order chi connectivity index (χ1) is 8.85. The standard InChI is InChI=1S/C13H20N2O4/c1-13(2)8(9(13)12(18)19)11(17)15-7-5-3-4-6-14-10(7)16/h7-9H,3-6H2,1-2H3,(H,14,16)(H,15,17)(H,18,19). The van der Waals surface area contributed by atoms with E-state index in [-0.39, 0.29) is 11.8 Å². The van der Waals surface area contributed by atoms with Gasteiger partial charge in [-0.25, -0.2) is 0 Å². The monoisotopic (exact) mass is 268 g/mol. The quantitative estimate of drug-likeness (QED) is 0.678. The van der Waals surface area contributed by atoms with Crippen LogP contribution in [0.15, 0.2) is 0 Å². The summed E-state index contributed by atoms with van der Waals surface area (Å²) in [6, 6.07) is -0.527. The lowest BCUT2D eigenvalue weighted by atomic mass is 10.1. The second-order valence-corrected chi connectivity index (χ2v) is 5.96. The van der Waals surface area contributed by atoms with Crippen molar-refractivity contribution in [1.29, 1.82) is 0 Å². The van der Waals surface area contributed by atoms with E-state index in [1.807, 2.05) is 0 Å². The molecule has 2 fully saturated rings. The Balaban J connectivity index is 1.98. The van der Waals surface area contributed by atoms with Gasteiger partial charge in [0.05, 0.1) is 11.8 Å². The maximum atomic E-state index is 12.1. The molecule has 1 heterocycles. The van der Waals surface area contributed by atoms with Crippen molar-refractivity contribution in [3.05, 3.63) is 0 Å². The number of aliphatic carboxylic acids is 1. The molecule has 0 aromatic carbocycles. The highest BCUT2D eigenvalue weighted by Gasteiger charge is 2.66. The lowest BCUT2D eigenvalue weighted by Crippen LogP contribution is -2.46. The summed E-state index contributed by atoms with van der Waals surface area (Å²) in [7, 11) is 0. The number of hydrogen-bond acceptors (Lipinski definition) is 3. The van der Waals surface area contributed by atoms with E-state index in [4.69, 9.17) is 5.11 Å². The maximum absolute atomic E-state index is 12.1. The number of nitrogens with one attached hydrogen (secondary N) is 2. The van der Waals surface area contributed by atoms with Gasteiger partial charge in [0.2, 0.25) is 11.8 Å². The van der Waals surface area contributed by atoms with Gasteiger partial charge in [0.15, 0.2) is 0 Å². The maximum Gasteiger partial charge on any atom is 0.307 e. The second-order valence-electron chi connectivity index (χ2n) is 5.96. The van der Waals surface area contributed by atoms with Crippen LogP contribution >= 0.6 is 0 Å². The van der Waals surface area contributed by atoms with Crippen molar-refractivity contribution in [2.24, 2.45) is 17.3 Å². The van der Waals surface area contributed by atoms with Crippen molar-refractivity contribution >= 4 is 17.8 Å². The van der Waals surface area contributed by atoms with Crippen LogP contribution in [0, 0.1) is 17.3 Å². The molecule has 1 aliphatic heterocycles. The van der Waals surface area contributed by atoms with Gasteiger partial charge in [0.1, 0.15) is 6.04 Å². The van der Waals surface area contributed by atoms with E-state index in [9.17, 15) is 14.4 Å². The number of carbonyl (C=O) groups is 3. The molecule has 0 spiro atoms. The summed E-state index contributed by atoms with van der Waals surface area (Å²) in [6.45, 7) is 4.17. The van der Waals surface area contributed by atoms with Crippen LogP contribution in [-0.2, 0) is 14.4 Å². The molecule has 0 bridgehead atoms. The zero-order valence-corrected chi connectivity index (χ0v) is 11.2. The van der Waals surface area contributed by atoms with Crippen molar-refractivity contribution in [3.8, 4) is 0 Å². The highest BCUT2D eigenvalue weighted by atomic mass is 16.4. The van der Waals surface area contributed by atoms with E-state index >= 15 is 0 Å². The Morgan fingerprint density at radius 2 is 2.00 bits per heavy atom. The van der Waals surface area contributed by atoms with Crippen molar-refractivity contribution < 1.29 is 19.5 Å². The van der Waals surface area contributed by atoms with Crippen LogP contribution in [0.2, 0.25) is 0 Å². The predicted octanol–water partition coefficient (Wildman–Crippen LogP) is 0.128. The molecule has 2 amide bonds. The fourth-order valence-corrected chi connectivity index (χ4v) is 2.93. The molecule has 106 valence electrons. The Hall–Kier alpha value is -1.59. The molecule has 1 saturated heterocycles. The normalized spacial score (nSPS) is 32.9. The van der Waals surface area contributed by atoms with Crippen molar-refractivity contribution in [2.75, 3.05) is 6.54 Å². The molecule has 2 rings (SSSR count). The molecule has 6 heteroatoms. The Labute approximate surface area is 111 Å². The Kier molecular flexibility index (Phi) is 3.52. The van der Waals surface area contributed by atoms with Gasteiger partial charge in [-0.3, -0.25) is 14.4 Å². The average Bonchev–Trinajstić information content (AvgIpc) is 2.94. The summed E-state index contributed by atoms with van der Waals surface area (Å²) in [4.78, 5) is 34.9. The Morgan fingerprint density at radius 3 is 2.58 bits per heavy atom. The molecule has 19 heavy (non-hydrogen) atoms. The van der Waals surface area contributed by atoms with Crippen LogP contribution in [0.5, 0.6) is 0 Å². The summed E-state index contributed by atoms with van der Waals surface area (Å²) in [5.41, 5.74) is -0.531. The Morgan fingerprint density at radius 1 is 1.32 bits per heavy atom. The zero-order chi connectivity index (χ0) is 14.2. The van der Waals surface area contributed by atoms with E-state index in [2.05, 4.69) is 10.6 Å². The minimum atomic E-state index is -0.949. The van der Waals surface area contributed by atoms with Gasteiger partial charge < -0.3 is 15.7 Å². The lowest BCUT2D eigenvalue weighted by Gasteiger charge is -2.15. The fourth-order valence-electron chi connectivity index (χ4n) is 2.93. The van der Waals surface area contributed by atoms with Gasteiger partial charge >= 0.3 is 5.97 Å². The van der Waals surface area contributed by atoms with Gasteiger partial charge in [0.25, 0.3) is 0 Å². The van der Waals surface area contributed by atoms with Crippen molar-refractivity contribution in [2.45, 2.75) is 39.2 Å². The molecule has 3 atom stereocenters. The SMILES string of the molecule is CC1(C)C(C(=O)O)C1C(=O)NC1CCCCNC1=O. The van der Waals surface area contributed by atoms with Crippen LogP contribution in [0.25, 0.3) is 0 Å². The van der Waals surface area contributed by atoms with E-state index in [1.54, 1.807) is 13.8 Å². The van der Waals surface area contributed by atoms with E-state index in [1.165, 1.54) is 0 Å². The molecular formula is C13H20N2O4. The summed E-state index contributed by atoms with van der Waals surface area (Å²) in [5, 5.41) is 14.5. The summed E-state index contributed by atoms with van der Waals surface area (Å²) < 4.78 is 0. The van der Waals surface area contributed by atoms with Crippen LogP contribution in [0.3, 0.4) is 0 Å². The Bertz CT molecular complexity index is 419. The molecular weight excluding hydrogens is 248 g/mol. The third-order valence-corrected chi connectivity index (χ3v) is 4.23. The first-order valence-electron chi connectivity index (χ1n) is 6.66. The van der Waals surface area contributed by atoms with Crippen LogP contribution in [-0.4, -0.2) is 35.5 Å². The second kappa shape index (κ2) is 4.83. The smallest absolute Gasteiger partial charge is 0.307 e. The molecule has 0 aromatic heterocycles.